The summed E-state index contributed by atoms with van der Waals surface area (Å²) in [7, 11) is 0. The van der Waals surface area contributed by atoms with Crippen LogP contribution in [0.2, 0.25) is 0 Å². The number of amides is 1. The Morgan fingerprint density at radius 1 is 1.38 bits per heavy atom. The number of carbonyl (C=O) groups is 4. The van der Waals surface area contributed by atoms with Gasteiger partial charge in [-0.2, -0.15) is 0 Å². The Hall–Kier alpha value is -2.77. The topological polar surface area (TPSA) is 90.0 Å². The van der Waals surface area contributed by atoms with Crippen LogP contribution >= 0.6 is 0 Å². The van der Waals surface area contributed by atoms with Crippen LogP contribution < -0.4 is 9.64 Å². The molecule has 8 heteroatoms. The van der Waals surface area contributed by atoms with E-state index in [9.17, 15) is 23.6 Å². The molecule has 128 valence electrons. The molecular formula is C16H16FNO6. The highest BCUT2D eigenvalue weighted by atomic mass is 19.1. The van der Waals surface area contributed by atoms with Crippen molar-refractivity contribution in [1.82, 2.24) is 0 Å². The maximum Gasteiger partial charge on any atom is 0.328 e. The zero-order chi connectivity index (χ0) is 18.0. The molecule has 0 saturated heterocycles. The number of nitrogens with zero attached hydrogens (tertiary/aromatic N) is 1. The molecular weight excluding hydrogens is 321 g/mol. The van der Waals surface area contributed by atoms with Crippen LogP contribution in [0.15, 0.2) is 12.1 Å². The van der Waals surface area contributed by atoms with Crippen LogP contribution in [0.1, 0.15) is 31.1 Å². The second-order valence-corrected chi connectivity index (χ2v) is 5.17. The van der Waals surface area contributed by atoms with Gasteiger partial charge in [-0.15, -0.1) is 0 Å². The van der Waals surface area contributed by atoms with E-state index in [0.717, 1.165) is 24.0 Å². The minimum Gasteiger partial charge on any atom is -0.481 e. The highest BCUT2D eigenvalue weighted by Gasteiger charge is 2.35. The summed E-state index contributed by atoms with van der Waals surface area (Å²) in [5.41, 5.74) is -0.446. The predicted molar refractivity (Wildman–Crippen MR) is 80.5 cm³/mol. The molecule has 0 fully saturated rings. The van der Waals surface area contributed by atoms with Gasteiger partial charge in [0.15, 0.2) is 12.4 Å². The van der Waals surface area contributed by atoms with Crippen molar-refractivity contribution in [2.75, 3.05) is 18.1 Å². The number of Topliss-reactive ketones (excluding diaryl/α,β-unsaturated/α-hetero) is 2. The van der Waals surface area contributed by atoms with Crippen molar-refractivity contribution >= 4 is 29.1 Å². The molecule has 7 nitrogen and oxygen atoms in total. The van der Waals surface area contributed by atoms with E-state index in [0.29, 0.717) is 0 Å². The Morgan fingerprint density at radius 3 is 2.62 bits per heavy atom. The Balaban J connectivity index is 2.53. The number of rotatable bonds is 5. The van der Waals surface area contributed by atoms with Crippen molar-refractivity contribution in [3.05, 3.63) is 23.5 Å². The average molecular weight is 337 g/mol. The van der Waals surface area contributed by atoms with Crippen LogP contribution in [0.5, 0.6) is 5.75 Å². The summed E-state index contributed by atoms with van der Waals surface area (Å²) >= 11 is 0. The number of esters is 1. The SMILES string of the molecule is CCOC(=O)C(C)N1C(=O)COc2cc(F)c(C(=O)C(C)=O)cc21. The largest absolute Gasteiger partial charge is 0.481 e. The smallest absolute Gasteiger partial charge is 0.328 e. The summed E-state index contributed by atoms with van der Waals surface area (Å²) in [5.74, 6) is -4.01. The average Bonchev–Trinajstić information content (AvgIpc) is 2.53. The molecule has 2 rings (SSSR count). The number of carbonyl (C=O) groups excluding carboxylic acids is 4. The minimum atomic E-state index is -1.03. The summed E-state index contributed by atoms with van der Waals surface area (Å²) in [5, 5.41) is 0. The molecule has 1 aliphatic heterocycles. The van der Waals surface area contributed by atoms with E-state index >= 15 is 0 Å². The van der Waals surface area contributed by atoms with Gasteiger partial charge in [0, 0.05) is 13.0 Å². The third-order valence-corrected chi connectivity index (χ3v) is 3.51. The van der Waals surface area contributed by atoms with Crippen molar-refractivity contribution in [2.24, 2.45) is 0 Å². The first-order valence-corrected chi connectivity index (χ1v) is 7.28. The molecule has 0 saturated carbocycles. The summed E-state index contributed by atoms with van der Waals surface area (Å²) in [6, 6.07) is 0.968. The van der Waals surface area contributed by atoms with E-state index in [2.05, 4.69) is 0 Å². The van der Waals surface area contributed by atoms with Gasteiger partial charge in [-0.1, -0.05) is 0 Å². The Bertz CT molecular complexity index is 730. The van der Waals surface area contributed by atoms with Crippen LogP contribution in [-0.2, 0) is 19.1 Å². The van der Waals surface area contributed by atoms with Gasteiger partial charge in [-0.3, -0.25) is 19.3 Å². The molecule has 1 aromatic rings. The lowest BCUT2D eigenvalue weighted by atomic mass is 10.0. The molecule has 1 heterocycles. The lowest BCUT2D eigenvalue weighted by molar-refractivity contribution is -0.145. The van der Waals surface area contributed by atoms with E-state index in [-0.39, 0.29) is 24.7 Å². The Labute approximate surface area is 137 Å². The summed E-state index contributed by atoms with van der Waals surface area (Å²) in [4.78, 5) is 48.2. The minimum absolute atomic E-state index is 0.00310. The maximum absolute atomic E-state index is 14.0. The highest BCUT2D eigenvalue weighted by molar-refractivity contribution is 6.43. The number of anilines is 1. The highest BCUT2D eigenvalue weighted by Crippen LogP contribution is 2.36. The fourth-order valence-electron chi connectivity index (χ4n) is 2.35. The van der Waals surface area contributed by atoms with Gasteiger partial charge in [0.25, 0.3) is 5.91 Å². The van der Waals surface area contributed by atoms with Gasteiger partial charge in [-0.25, -0.2) is 9.18 Å². The van der Waals surface area contributed by atoms with Crippen LogP contribution in [0.25, 0.3) is 0 Å². The number of benzene rings is 1. The first kappa shape index (κ1) is 17.6. The van der Waals surface area contributed by atoms with Crippen LogP contribution in [0.4, 0.5) is 10.1 Å². The van der Waals surface area contributed by atoms with Crippen LogP contribution in [0.3, 0.4) is 0 Å². The number of ether oxygens (including phenoxy) is 2. The van der Waals surface area contributed by atoms with Gasteiger partial charge < -0.3 is 9.47 Å². The molecule has 1 aliphatic rings. The molecule has 0 radical (unpaired) electrons. The van der Waals surface area contributed by atoms with Crippen molar-refractivity contribution in [3.8, 4) is 5.75 Å². The molecule has 0 bridgehead atoms. The Morgan fingerprint density at radius 2 is 2.04 bits per heavy atom. The Kier molecular flexibility index (Phi) is 4.96. The van der Waals surface area contributed by atoms with Crippen LogP contribution in [0, 0.1) is 5.82 Å². The van der Waals surface area contributed by atoms with Gasteiger partial charge in [0.1, 0.15) is 17.6 Å². The zero-order valence-electron chi connectivity index (χ0n) is 13.4. The van der Waals surface area contributed by atoms with Crippen molar-refractivity contribution < 1.29 is 33.0 Å². The number of hydrogen-bond donors (Lipinski definition) is 0. The quantitative estimate of drug-likeness (QED) is 0.457. The summed E-state index contributed by atoms with van der Waals surface area (Å²) < 4.78 is 24.1. The van der Waals surface area contributed by atoms with E-state index in [4.69, 9.17) is 9.47 Å². The third kappa shape index (κ3) is 3.12. The fraction of sp³-hybridized carbons (Fsp3) is 0.375. The molecule has 1 unspecified atom stereocenters. The molecule has 0 N–H and O–H groups in total. The second-order valence-electron chi connectivity index (χ2n) is 5.17. The standard InChI is InChI=1S/C16H16FNO6/c1-4-23-16(22)8(2)18-12-5-10(15(21)9(3)19)11(17)6-13(12)24-7-14(18)20/h5-6,8H,4,7H2,1-3H3. The van der Waals surface area contributed by atoms with Gasteiger partial charge in [0.2, 0.25) is 5.78 Å². The third-order valence-electron chi connectivity index (χ3n) is 3.51. The van der Waals surface area contributed by atoms with Crippen molar-refractivity contribution in [1.29, 1.82) is 0 Å². The molecule has 0 aromatic heterocycles. The molecule has 24 heavy (non-hydrogen) atoms. The summed E-state index contributed by atoms with van der Waals surface area (Å²) in [6.07, 6.45) is 0. The normalized spacial score (nSPS) is 14.5. The first-order chi connectivity index (χ1) is 11.3. The van der Waals surface area contributed by atoms with Gasteiger partial charge in [0.05, 0.1) is 17.9 Å². The molecule has 1 atom stereocenters. The van der Waals surface area contributed by atoms with Crippen LogP contribution in [-0.4, -0.2) is 42.7 Å². The number of halogens is 1. The van der Waals surface area contributed by atoms with E-state index in [1.807, 2.05) is 0 Å². The lowest BCUT2D eigenvalue weighted by Crippen LogP contribution is -2.48. The van der Waals surface area contributed by atoms with Gasteiger partial charge >= 0.3 is 5.97 Å². The predicted octanol–water partition coefficient (Wildman–Crippen LogP) is 1.27. The van der Waals surface area contributed by atoms with E-state index in [1.54, 1.807) is 6.92 Å². The maximum atomic E-state index is 14.0. The molecule has 0 aliphatic carbocycles. The lowest BCUT2D eigenvalue weighted by Gasteiger charge is -2.33. The monoisotopic (exact) mass is 337 g/mol. The van der Waals surface area contributed by atoms with Crippen molar-refractivity contribution in [3.63, 3.8) is 0 Å². The van der Waals surface area contributed by atoms with Crippen molar-refractivity contribution in [2.45, 2.75) is 26.8 Å². The molecule has 1 amide bonds. The number of ketones is 2. The first-order valence-electron chi connectivity index (χ1n) is 7.28. The molecule has 1 aromatic carbocycles. The van der Waals surface area contributed by atoms with E-state index < -0.39 is 40.9 Å². The zero-order valence-corrected chi connectivity index (χ0v) is 13.4. The van der Waals surface area contributed by atoms with Gasteiger partial charge in [-0.05, 0) is 19.9 Å². The summed E-state index contributed by atoms with van der Waals surface area (Å²) in [6.45, 7) is 3.84. The van der Waals surface area contributed by atoms with E-state index in [1.165, 1.54) is 6.92 Å². The number of fused-ring (bicyclic) bond motifs is 1. The second kappa shape index (κ2) is 6.77. The molecule has 0 spiro atoms. The fourth-order valence-corrected chi connectivity index (χ4v) is 2.35. The number of hydrogen-bond acceptors (Lipinski definition) is 6.